The van der Waals surface area contributed by atoms with Gasteiger partial charge in [0, 0.05) is 16.7 Å². The molecule has 5 nitrogen and oxygen atoms in total. The Labute approximate surface area is 153 Å². The van der Waals surface area contributed by atoms with Crippen molar-refractivity contribution in [3.8, 4) is 5.75 Å². The molecule has 2 N–H and O–H groups in total. The van der Waals surface area contributed by atoms with E-state index in [1.165, 1.54) is 6.92 Å². The molecule has 1 aliphatic heterocycles. The van der Waals surface area contributed by atoms with Gasteiger partial charge in [-0.1, -0.05) is 17.7 Å². The molecule has 26 heavy (non-hydrogen) atoms. The lowest BCUT2D eigenvalue weighted by atomic mass is 9.85. The van der Waals surface area contributed by atoms with Crippen molar-refractivity contribution >= 4 is 11.7 Å². The molecule has 0 saturated heterocycles. The minimum atomic E-state index is -0.966. The molecule has 5 heteroatoms. The average molecular weight is 353 g/mol. The molecular weight excluding hydrogens is 330 g/mol. The number of rotatable bonds is 3. The van der Waals surface area contributed by atoms with E-state index in [4.69, 9.17) is 4.74 Å². The van der Waals surface area contributed by atoms with Crippen LogP contribution in [0.15, 0.2) is 42.5 Å². The van der Waals surface area contributed by atoms with Gasteiger partial charge < -0.3 is 15.2 Å². The maximum atomic E-state index is 12.7. The third-order valence-electron chi connectivity index (χ3n) is 4.75. The number of amides is 1. The highest BCUT2D eigenvalue weighted by Gasteiger charge is 2.43. The van der Waals surface area contributed by atoms with Gasteiger partial charge in [-0.25, -0.2) is 0 Å². The number of Topliss-reactive ketones (excluding diaryl/α,β-unsaturated/α-hetero) is 1. The van der Waals surface area contributed by atoms with Gasteiger partial charge in [-0.05, 0) is 58.0 Å². The fourth-order valence-electron chi connectivity index (χ4n) is 3.10. The first kappa shape index (κ1) is 18.1. The number of hydrogen-bond acceptors (Lipinski definition) is 4. The summed E-state index contributed by atoms with van der Waals surface area (Å²) in [6.07, 6.45) is -0.966. The second-order valence-corrected chi connectivity index (χ2v) is 7.28. The van der Waals surface area contributed by atoms with Gasteiger partial charge in [0.2, 0.25) is 0 Å². The monoisotopic (exact) mass is 353 g/mol. The number of carbonyl (C=O) groups excluding carboxylic acids is 2. The summed E-state index contributed by atoms with van der Waals surface area (Å²) in [7, 11) is 0. The largest absolute Gasteiger partial charge is 0.485 e. The Bertz CT molecular complexity index is 855. The van der Waals surface area contributed by atoms with E-state index >= 15 is 0 Å². The predicted molar refractivity (Wildman–Crippen MR) is 98.5 cm³/mol. The number of carbonyl (C=O) groups is 2. The van der Waals surface area contributed by atoms with Gasteiger partial charge >= 0.3 is 0 Å². The molecule has 0 bridgehead atoms. The van der Waals surface area contributed by atoms with Crippen LogP contribution < -0.4 is 10.1 Å². The van der Waals surface area contributed by atoms with Crippen LogP contribution in [0, 0.1) is 6.92 Å². The summed E-state index contributed by atoms with van der Waals surface area (Å²) in [6.45, 7) is 6.96. The van der Waals surface area contributed by atoms with E-state index in [0.29, 0.717) is 22.4 Å². The van der Waals surface area contributed by atoms with Crippen molar-refractivity contribution in [1.82, 2.24) is 5.32 Å². The summed E-state index contributed by atoms with van der Waals surface area (Å²) < 4.78 is 5.89. The number of aliphatic hydroxyl groups is 1. The number of nitrogens with one attached hydrogen (secondary N) is 1. The molecule has 0 unspecified atom stereocenters. The normalized spacial score (nSPS) is 20.7. The molecule has 3 rings (SSSR count). The van der Waals surface area contributed by atoms with E-state index in [1.54, 1.807) is 44.2 Å². The van der Waals surface area contributed by atoms with Crippen molar-refractivity contribution in [2.45, 2.75) is 45.4 Å². The number of fused-ring (bicyclic) bond motifs is 1. The van der Waals surface area contributed by atoms with Gasteiger partial charge in [-0.2, -0.15) is 0 Å². The number of ketones is 1. The molecule has 2 aromatic rings. The first-order chi connectivity index (χ1) is 12.2. The van der Waals surface area contributed by atoms with Crippen molar-refractivity contribution in [2.75, 3.05) is 0 Å². The number of ether oxygens (including phenoxy) is 1. The Morgan fingerprint density at radius 1 is 1.08 bits per heavy atom. The molecule has 0 radical (unpaired) electrons. The van der Waals surface area contributed by atoms with Gasteiger partial charge in [-0.3, -0.25) is 9.59 Å². The summed E-state index contributed by atoms with van der Waals surface area (Å²) in [5.74, 6) is 0.182. The lowest BCUT2D eigenvalue weighted by Crippen LogP contribution is -2.53. The van der Waals surface area contributed by atoms with Gasteiger partial charge in [0.25, 0.3) is 5.91 Å². The van der Waals surface area contributed by atoms with Gasteiger partial charge in [0.05, 0.1) is 6.04 Å². The maximum Gasteiger partial charge on any atom is 0.251 e. The molecule has 0 aromatic heterocycles. The lowest BCUT2D eigenvalue weighted by molar-refractivity contribution is -0.0627. The highest BCUT2D eigenvalue weighted by Crippen LogP contribution is 2.40. The number of aryl methyl sites for hydroxylation is 1. The topological polar surface area (TPSA) is 75.6 Å². The summed E-state index contributed by atoms with van der Waals surface area (Å²) >= 11 is 0. The van der Waals surface area contributed by atoms with E-state index in [1.807, 2.05) is 19.1 Å². The van der Waals surface area contributed by atoms with Crippen LogP contribution in [0.3, 0.4) is 0 Å². The fourth-order valence-corrected chi connectivity index (χ4v) is 3.10. The molecule has 2 atom stereocenters. The molecule has 0 fully saturated rings. The minimum Gasteiger partial charge on any atom is -0.485 e. The van der Waals surface area contributed by atoms with Crippen molar-refractivity contribution in [3.05, 3.63) is 64.7 Å². The zero-order valence-corrected chi connectivity index (χ0v) is 15.4. The third kappa shape index (κ3) is 3.35. The van der Waals surface area contributed by atoms with Crippen molar-refractivity contribution in [2.24, 2.45) is 0 Å². The van der Waals surface area contributed by atoms with Crippen LogP contribution in [0.25, 0.3) is 0 Å². The van der Waals surface area contributed by atoms with E-state index < -0.39 is 17.7 Å². The van der Waals surface area contributed by atoms with Gasteiger partial charge in [0.15, 0.2) is 5.78 Å². The van der Waals surface area contributed by atoms with E-state index in [2.05, 4.69) is 5.32 Å². The molecular formula is C21H23NO4. The predicted octanol–water partition coefficient (Wildman–Crippen LogP) is 3.20. The maximum absolute atomic E-state index is 12.7. The first-order valence-corrected chi connectivity index (χ1v) is 8.58. The summed E-state index contributed by atoms with van der Waals surface area (Å²) in [6, 6.07) is 11.6. The summed E-state index contributed by atoms with van der Waals surface area (Å²) in [4.78, 5) is 24.4. The smallest absolute Gasteiger partial charge is 0.251 e. The molecule has 0 spiro atoms. The van der Waals surface area contributed by atoms with Crippen LogP contribution in [0.2, 0.25) is 0 Å². The highest BCUT2D eigenvalue weighted by atomic mass is 16.5. The van der Waals surface area contributed by atoms with Crippen molar-refractivity contribution in [1.29, 1.82) is 0 Å². The van der Waals surface area contributed by atoms with Crippen LogP contribution in [0.1, 0.15) is 58.7 Å². The first-order valence-electron chi connectivity index (χ1n) is 8.58. The van der Waals surface area contributed by atoms with Crippen molar-refractivity contribution < 1.29 is 19.4 Å². The van der Waals surface area contributed by atoms with E-state index in [9.17, 15) is 14.7 Å². The molecule has 1 heterocycles. The fraction of sp³-hybridized carbons (Fsp3) is 0.333. The molecule has 2 aromatic carbocycles. The summed E-state index contributed by atoms with van der Waals surface area (Å²) in [5.41, 5.74) is 1.80. The van der Waals surface area contributed by atoms with Crippen LogP contribution >= 0.6 is 0 Å². The molecule has 136 valence electrons. The molecule has 0 aliphatic carbocycles. The van der Waals surface area contributed by atoms with Crippen molar-refractivity contribution in [3.63, 3.8) is 0 Å². The summed E-state index contributed by atoms with van der Waals surface area (Å²) in [5, 5.41) is 13.7. The number of aliphatic hydroxyl groups excluding tert-OH is 1. The van der Waals surface area contributed by atoms with Crippen LogP contribution in [0.5, 0.6) is 5.75 Å². The van der Waals surface area contributed by atoms with E-state index in [-0.39, 0.29) is 11.7 Å². The van der Waals surface area contributed by atoms with Gasteiger partial charge in [0.1, 0.15) is 17.5 Å². The second kappa shape index (κ2) is 6.57. The highest BCUT2D eigenvalue weighted by molar-refractivity contribution is 5.95. The Balaban J connectivity index is 1.99. The standard InChI is InChI=1S/C21H23NO4/c1-12-5-7-14(8-6-12)20(25)22-18-16-11-15(13(2)23)9-10-17(16)26-21(3,4)19(18)24/h5-11,18-19,24H,1-4H3,(H,22,25)/t18-,19+/m0/s1. The third-order valence-corrected chi connectivity index (χ3v) is 4.75. The van der Waals surface area contributed by atoms with Crippen LogP contribution in [-0.4, -0.2) is 28.5 Å². The zero-order chi connectivity index (χ0) is 19.1. The van der Waals surface area contributed by atoms with E-state index in [0.717, 1.165) is 5.56 Å². The van der Waals surface area contributed by atoms with Crippen LogP contribution in [-0.2, 0) is 0 Å². The Hall–Kier alpha value is -2.66. The Kier molecular flexibility index (Phi) is 4.59. The Morgan fingerprint density at radius 3 is 2.31 bits per heavy atom. The second-order valence-electron chi connectivity index (χ2n) is 7.28. The SMILES string of the molecule is CC(=O)c1ccc2c(c1)[C@H](NC(=O)c1ccc(C)cc1)[C@@H](O)C(C)(C)O2. The molecule has 1 aliphatic rings. The zero-order valence-electron chi connectivity index (χ0n) is 15.4. The van der Waals surface area contributed by atoms with Gasteiger partial charge in [-0.15, -0.1) is 0 Å². The molecule has 0 saturated carbocycles. The minimum absolute atomic E-state index is 0.0873. The number of hydrogen-bond donors (Lipinski definition) is 2. The molecule has 1 amide bonds. The average Bonchev–Trinajstić information content (AvgIpc) is 2.58. The quantitative estimate of drug-likeness (QED) is 0.831. The lowest BCUT2D eigenvalue weighted by Gasteiger charge is -2.42. The van der Waals surface area contributed by atoms with Crippen LogP contribution in [0.4, 0.5) is 0 Å². The Morgan fingerprint density at radius 2 is 1.69 bits per heavy atom. The number of benzene rings is 2.